The number of aromatic nitrogens is 1. The smallest absolute Gasteiger partial charge is 0.264 e. The lowest BCUT2D eigenvalue weighted by Crippen LogP contribution is -2.49. The molecule has 1 atom stereocenters. The van der Waals surface area contributed by atoms with Gasteiger partial charge in [0.2, 0.25) is 0 Å². The van der Waals surface area contributed by atoms with Crippen LogP contribution in [0.15, 0.2) is 47.4 Å². The molecule has 3 rings (SSSR count). The molecular formula is C21H26N2O6S. The first-order valence-corrected chi connectivity index (χ1v) is 11.6. The fourth-order valence-corrected chi connectivity index (χ4v) is 4.44. The Morgan fingerprint density at radius 2 is 1.83 bits per heavy atom. The van der Waals surface area contributed by atoms with E-state index in [2.05, 4.69) is 0 Å². The molecule has 2 aromatic rings. The summed E-state index contributed by atoms with van der Waals surface area (Å²) in [6.45, 7) is 1.22. The van der Waals surface area contributed by atoms with Crippen LogP contribution in [-0.4, -0.2) is 46.3 Å². The average Bonchev–Trinajstić information content (AvgIpc) is 2.69. The Morgan fingerprint density at radius 3 is 2.33 bits per heavy atom. The number of benzene rings is 1. The molecule has 0 aliphatic heterocycles. The van der Waals surface area contributed by atoms with E-state index in [0.29, 0.717) is 5.92 Å². The minimum absolute atomic E-state index is 0.000945. The van der Waals surface area contributed by atoms with E-state index in [1.54, 1.807) is 12.3 Å². The average molecular weight is 435 g/mol. The quantitative estimate of drug-likeness (QED) is 0.447. The number of rotatable bonds is 7. The first-order valence-electron chi connectivity index (χ1n) is 9.68. The van der Waals surface area contributed by atoms with E-state index < -0.39 is 20.5 Å². The molecule has 9 heteroatoms. The van der Waals surface area contributed by atoms with Gasteiger partial charge in [0.05, 0.1) is 6.10 Å². The Hall–Kier alpha value is -2.49. The van der Waals surface area contributed by atoms with Gasteiger partial charge in [0.15, 0.2) is 14.6 Å². The zero-order valence-electron chi connectivity index (χ0n) is 16.9. The molecule has 1 aliphatic carbocycles. The van der Waals surface area contributed by atoms with Gasteiger partial charge in [0.1, 0.15) is 0 Å². The SMILES string of the molecule is C[C@@](CCn1ccc(-c2ccc([C@H]3C[C@@H](O)C3)cc2)cc1=O)(C(=O)NO)S(C)(=O)=O. The first-order chi connectivity index (χ1) is 14.0. The van der Waals surface area contributed by atoms with Crippen LogP contribution in [0.2, 0.25) is 0 Å². The van der Waals surface area contributed by atoms with Gasteiger partial charge in [-0.2, -0.15) is 0 Å². The number of hydrogen-bond acceptors (Lipinski definition) is 6. The molecule has 0 bridgehead atoms. The molecule has 1 aromatic carbocycles. The summed E-state index contributed by atoms with van der Waals surface area (Å²) in [5, 5.41) is 18.3. The maximum Gasteiger partial charge on any atom is 0.264 e. The minimum Gasteiger partial charge on any atom is -0.393 e. The largest absolute Gasteiger partial charge is 0.393 e. The highest BCUT2D eigenvalue weighted by Gasteiger charge is 2.43. The number of amides is 1. The number of carbonyl (C=O) groups excluding carboxylic acids is 1. The van der Waals surface area contributed by atoms with Crippen LogP contribution in [0.25, 0.3) is 11.1 Å². The van der Waals surface area contributed by atoms with Crippen molar-refractivity contribution in [1.82, 2.24) is 10.0 Å². The van der Waals surface area contributed by atoms with Crippen LogP contribution in [0.1, 0.15) is 37.7 Å². The Kier molecular flexibility index (Phi) is 6.16. The molecule has 3 N–H and O–H groups in total. The number of hydroxylamine groups is 1. The lowest BCUT2D eigenvalue weighted by atomic mass is 9.77. The highest BCUT2D eigenvalue weighted by Crippen LogP contribution is 2.37. The summed E-state index contributed by atoms with van der Waals surface area (Å²) < 4.78 is 23.6. The molecule has 0 unspecified atom stereocenters. The number of hydrogen-bond donors (Lipinski definition) is 3. The van der Waals surface area contributed by atoms with Crippen LogP contribution in [-0.2, 0) is 21.2 Å². The maximum atomic E-state index is 12.5. The number of aryl methyl sites for hydroxylation is 1. The Labute approximate surface area is 175 Å². The van der Waals surface area contributed by atoms with E-state index in [1.165, 1.54) is 28.6 Å². The van der Waals surface area contributed by atoms with Gasteiger partial charge in [-0.15, -0.1) is 0 Å². The Morgan fingerprint density at radius 1 is 1.20 bits per heavy atom. The second-order valence-corrected chi connectivity index (χ2v) is 10.5. The van der Waals surface area contributed by atoms with Gasteiger partial charge in [-0.3, -0.25) is 14.8 Å². The number of carbonyl (C=O) groups is 1. The fourth-order valence-electron chi connectivity index (χ4n) is 3.60. The molecule has 1 aliphatic rings. The first kappa shape index (κ1) is 22.2. The molecule has 1 fully saturated rings. The van der Waals surface area contributed by atoms with E-state index in [9.17, 15) is 23.1 Å². The summed E-state index contributed by atoms with van der Waals surface area (Å²) in [5.41, 5.74) is 3.85. The van der Waals surface area contributed by atoms with Gasteiger partial charge < -0.3 is 9.67 Å². The van der Waals surface area contributed by atoms with Crippen molar-refractivity contribution >= 4 is 15.7 Å². The van der Waals surface area contributed by atoms with Crippen LogP contribution in [0.4, 0.5) is 0 Å². The lowest BCUT2D eigenvalue weighted by Gasteiger charge is -2.31. The van der Waals surface area contributed by atoms with Gasteiger partial charge in [0, 0.05) is 25.1 Å². The number of nitrogens with one attached hydrogen (secondary N) is 1. The number of sulfone groups is 1. The molecule has 0 saturated heterocycles. The molecule has 1 aromatic heterocycles. The maximum absolute atomic E-state index is 12.5. The highest BCUT2D eigenvalue weighted by atomic mass is 32.2. The summed E-state index contributed by atoms with van der Waals surface area (Å²) in [7, 11) is -3.83. The zero-order chi connectivity index (χ0) is 22.1. The minimum atomic E-state index is -3.83. The lowest BCUT2D eigenvalue weighted by molar-refractivity contribution is -0.131. The second kappa shape index (κ2) is 8.33. The third-order valence-corrected chi connectivity index (χ3v) is 8.08. The Bertz CT molecular complexity index is 1090. The molecule has 30 heavy (non-hydrogen) atoms. The number of aliphatic hydroxyl groups excluding tert-OH is 1. The predicted molar refractivity (Wildman–Crippen MR) is 112 cm³/mol. The van der Waals surface area contributed by atoms with Crippen molar-refractivity contribution in [2.75, 3.05) is 6.26 Å². The molecule has 1 heterocycles. The van der Waals surface area contributed by atoms with Gasteiger partial charge in [-0.1, -0.05) is 24.3 Å². The molecule has 8 nitrogen and oxygen atoms in total. The van der Waals surface area contributed by atoms with Crippen LogP contribution in [0.5, 0.6) is 0 Å². The second-order valence-electron chi connectivity index (χ2n) is 8.09. The topological polar surface area (TPSA) is 126 Å². The molecular weight excluding hydrogens is 408 g/mol. The molecule has 162 valence electrons. The molecule has 0 spiro atoms. The van der Waals surface area contributed by atoms with Gasteiger partial charge in [0.25, 0.3) is 11.5 Å². The zero-order valence-corrected chi connectivity index (χ0v) is 17.7. The summed E-state index contributed by atoms with van der Waals surface area (Å²) in [4.78, 5) is 24.4. The van der Waals surface area contributed by atoms with Crippen LogP contribution in [0, 0.1) is 0 Å². The summed E-state index contributed by atoms with van der Waals surface area (Å²) in [6, 6.07) is 11.1. The number of pyridine rings is 1. The number of aliphatic hydroxyl groups is 1. The van der Waals surface area contributed by atoms with Crippen molar-refractivity contribution in [1.29, 1.82) is 0 Å². The summed E-state index contributed by atoms with van der Waals surface area (Å²) >= 11 is 0. The van der Waals surface area contributed by atoms with Crippen molar-refractivity contribution in [2.24, 2.45) is 0 Å². The van der Waals surface area contributed by atoms with Crippen LogP contribution < -0.4 is 11.0 Å². The van der Waals surface area contributed by atoms with Crippen LogP contribution in [0.3, 0.4) is 0 Å². The van der Waals surface area contributed by atoms with Gasteiger partial charge in [-0.05, 0) is 54.9 Å². The van der Waals surface area contributed by atoms with Gasteiger partial charge in [-0.25, -0.2) is 13.9 Å². The van der Waals surface area contributed by atoms with Gasteiger partial charge >= 0.3 is 0 Å². The van der Waals surface area contributed by atoms with Crippen LogP contribution >= 0.6 is 0 Å². The van der Waals surface area contributed by atoms with Crippen molar-refractivity contribution in [3.05, 3.63) is 58.5 Å². The third-order valence-electron chi connectivity index (χ3n) is 6.05. The van der Waals surface area contributed by atoms with E-state index >= 15 is 0 Å². The van der Waals surface area contributed by atoms with E-state index in [-0.39, 0.29) is 24.6 Å². The number of nitrogens with zero attached hydrogens (tertiary/aromatic N) is 1. The summed E-state index contributed by atoms with van der Waals surface area (Å²) in [6.07, 6.45) is 3.65. The van der Waals surface area contributed by atoms with Crippen molar-refractivity contribution in [3.8, 4) is 11.1 Å². The molecule has 0 radical (unpaired) electrons. The molecule has 1 saturated carbocycles. The van der Waals surface area contributed by atoms with E-state index in [0.717, 1.165) is 30.2 Å². The third kappa shape index (κ3) is 4.33. The van der Waals surface area contributed by atoms with E-state index in [4.69, 9.17) is 5.21 Å². The van der Waals surface area contributed by atoms with Crippen molar-refractivity contribution in [3.63, 3.8) is 0 Å². The van der Waals surface area contributed by atoms with Crippen molar-refractivity contribution < 1.29 is 23.5 Å². The standard InChI is InChI=1S/C21H26N2O6S/c1-21(20(26)22-27,30(2,28)29)8-10-23-9-7-16(13-19(23)25)14-3-5-15(6-4-14)17-11-18(24)12-17/h3-7,9,13,17-18,24,27H,8,10-12H2,1-2H3,(H,22,26)/t17-,18+,21-/m1/s1. The normalized spacial score (nSPS) is 20.8. The molecule has 1 amide bonds. The monoisotopic (exact) mass is 434 g/mol. The predicted octanol–water partition coefficient (Wildman–Crippen LogP) is 1.45. The highest BCUT2D eigenvalue weighted by molar-refractivity contribution is 7.92. The summed E-state index contributed by atoms with van der Waals surface area (Å²) in [5.74, 6) is -0.656. The van der Waals surface area contributed by atoms with E-state index in [1.807, 2.05) is 24.3 Å². The van der Waals surface area contributed by atoms with Crippen molar-refractivity contribution in [2.45, 2.75) is 49.5 Å². The Balaban J connectivity index is 1.75. The fraction of sp³-hybridized carbons (Fsp3) is 0.429.